The van der Waals surface area contributed by atoms with Crippen molar-refractivity contribution < 1.29 is 19.0 Å². The quantitative estimate of drug-likeness (QED) is 0.788. The molecule has 0 aliphatic heterocycles. The second-order valence-corrected chi connectivity index (χ2v) is 6.96. The lowest BCUT2D eigenvalue weighted by Gasteiger charge is -2.20. The molecule has 19 heavy (non-hydrogen) atoms. The maximum absolute atomic E-state index is 11.6. The number of nitrogens with one attached hydrogen (secondary N) is 1. The fraction of sp³-hybridized carbons (Fsp3) is 0.462. The lowest BCUT2D eigenvalue weighted by atomic mass is 10.2. The molecule has 0 saturated heterocycles. The molecule has 0 aliphatic rings. The molecular weight excluding hydrogens is 265 g/mol. The van der Waals surface area contributed by atoms with Crippen molar-refractivity contribution in [1.82, 2.24) is 5.32 Å². The molecule has 0 aliphatic carbocycles. The van der Waals surface area contributed by atoms with Crippen LogP contribution in [0.3, 0.4) is 0 Å². The minimum Gasteiger partial charge on any atom is -0.445 e. The summed E-state index contributed by atoms with van der Waals surface area (Å²) in [5.74, 6) is -0.749. The van der Waals surface area contributed by atoms with Crippen LogP contribution in [0, 0.1) is 0 Å². The SMILES string of the molecule is CCCC(NC(=O)OCc1ccccc1)P(C)(=O)O. The van der Waals surface area contributed by atoms with Crippen LogP contribution >= 0.6 is 7.37 Å². The highest BCUT2D eigenvalue weighted by atomic mass is 31.2. The zero-order valence-electron chi connectivity index (χ0n) is 11.2. The number of rotatable bonds is 6. The molecule has 2 unspecified atom stereocenters. The Bertz CT molecular complexity index is 443. The number of carbonyl (C=O) groups is 1. The lowest BCUT2D eigenvalue weighted by molar-refractivity contribution is 0.137. The van der Waals surface area contributed by atoms with Gasteiger partial charge in [0.1, 0.15) is 12.4 Å². The van der Waals surface area contributed by atoms with Crippen LogP contribution in [0.2, 0.25) is 0 Å². The van der Waals surface area contributed by atoms with Gasteiger partial charge in [-0.3, -0.25) is 4.57 Å². The largest absolute Gasteiger partial charge is 0.445 e. The van der Waals surface area contributed by atoms with Gasteiger partial charge in [0.05, 0.1) is 0 Å². The van der Waals surface area contributed by atoms with Crippen molar-refractivity contribution in [2.45, 2.75) is 32.2 Å². The number of carbonyl (C=O) groups excluding carboxylic acids is 1. The van der Waals surface area contributed by atoms with Crippen LogP contribution in [0.5, 0.6) is 0 Å². The van der Waals surface area contributed by atoms with Crippen molar-refractivity contribution in [1.29, 1.82) is 0 Å². The Morgan fingerprint density at radius 3 is 2.58 bits per heavy atom. The molecule has 106 valence electrons. The molecular formula is C13H20NO4P. The Balaban J connectivity index is 2.47. The topological polar surface area (TPSA) is 75.6 Å². The van der Waals surface area contributed by atoms with E-state index in [9.17, 15) is 14.3 Å². The van der Waals surface area contributed by atoms with Crippen molar-refractivity contribution in [3.05, 3.63) is 35.9 Å². The maximum atomic E-state index is 11.6. The first kappa shape index (κ1) is 15.7. The summed E-state index contributed by atoms with van der Waals surface area (Å²) in [4.78, 5) is 21.1. The van der Waals surface area contributed by atoms with Gasteiger partial charge in [-0.05, 0) is 12.0 Å². The van der Waals surface area contributed by atoms with E-state index in [4.69, 9.17) is 4.74 Å². The highest BCUT2D eigenvalue weighted by Gasteiger charge is 2.26. The summed E-state index contributed by atoms with van der Waals surface area (Å²) >= 11 is 0. The normalized spacial score (nSPS) is 15.3. The Labute approximate surface area is 113 Å². The van der Waals surface area contributed by atoms with Crippen LogP contribution in [0.4, 0.5) is 4.79 Å². The van der Waals surface area contributed by atoms with Crippen LogP contribution < -0.4 is 5.32 Å². The second kappa shape index (κ2) is 7.31. The molecule has 0 radical (unpaired) electrons. The molecule has 0 heterocycles. The van der Waals surface area contributed by atoms with Gasteiger partial charge < -0.3 is 14.9 Å². The van der Waals surface area contributed by atoms with Gasteiger partial charge in [-0.2, -0.15) is 0 Å². The van der Waals surface area contributed by atoms with Gasteiger partial charge in [0, 0.05) is 6.66 Å². The first-order chi connectivity index (χ1) is 8.93. The van der Waals surface area contributed by atoms with Gasteiger partial charge in [0.2, 0.25) is 7.37 Å². The van der Waals surface area contributed by atoms with Gasteiger partial charge in [0.25, 0.3) is 0 Å². The molecule has 0 saturated carbocycles. The van der Waals surface area contributed by atoms with Crippen molar-refractivity contribution in [3.63, 3.8) is 0 Å². The van der Waals surface area contributed by atoms with E-state index in [-0.39, 0.29) is 6.61 Å². The summed E-state index contributed by atoms with van der Waals surface area (Å²) in [6.45, 7) is 3.27. The average molecular weight is 285 g/mol. The molecule has 1 aromatic carbocycles. The summed E-state index contributed by atoms with van der Waals surface area (Å²) < 4.78 is 16.6. The van der Waals surface area contributed by atoms with E-state index in [2.05, 4.69) is 5.32 Å². The van der Waals surface area contributed by atoms with Gasteiger partial charge in [-0.1, -0.05) is 43.7 Å². The van der Waals surface area contributed by atoms with E-state index in [1.807, 2.05) is 37.3 Å². The van der Waals surface area contributed by atoms with E-state index < -0.39 is 19.2 Å². The van der Waals surface area contributed by atoms with E-state index in [1.165, 1.54) is 6.66 Å². The van der Waals surface area contributed by atoms with Crippen LogP contribution in [0.1, 0.15) is 25.3 Å². The fourth-order valence-corrected chi connectivity index (χ4v) is 2.69. The summed E-state index contributed by atoms with van der Waals surface area (Å²) in [7, 11) is -3.35. The minimum atomic E-state index is -3.35. The number of benzene rings is 1. The van der Waals surface area contributed by atoms with Gasteiger partial charge in [0.15, 0.2) is 0 Å². The zero-order valence-corrected chi connectivity index (χ0v) is 12.1. The number of alkyl carbamates (subject to hydrolysis) is 1. The molecule has 1 aromatic rings. The number of hydrogen-bond acceptors (Lipinski definition) is 3. The Morgan fingerprint density at radius 1 is 1.42 bits per heavy atom. The first-order valence-corrected chi connectivity index (χ1v) is 8.38. The van der Waals surface area contributed by atoms with Crippen LogP contribution in [0.15, 0.2) is 30.3 Å². The summed E-state index contributed by atoms with van der Waals surface area (Å²) in [5, 5.41) is 2.45. The molecule has 6 heteroatoms. The van der Waals surface area contributed by atoms with E-state index in [0.29, 0.717) is 12.8 Å². The van der Waals surface area contributed by atoms with E-state index in [0.717, 1.165) is 5.56 Å². The van der Waals surface area contributed by atoms with Crippen molar-refractivity contribution in [2.75, 3.05) is 6.66 Å². The lowest BCUT2D eigenvalue weighted by Crippen LogP contribution is -2.34. The molecule has 1 amide bonds. The Morgan fingerprint density at radius 2 is 2.05 bits per heavy atom. The smallest absolute Gasteiger partial charge is 0.408 e. The predicted molar refractivity (Wildman–Crippen MR) is 74.2 cm³/mol. The van der Waals surface area contributed by atoms with E-state index in [1.54, 1.807) is 0 Å². The summed E-state index contributed by atoms with van der Waals surface area (Å²) in [6, 6.07) is 9.26. The highest BCUT2D eigenvalue weighted by Crippen LogP contribution is 2.42. The number of ether oxygens (including phenoxy) is 1. The van der Waals surface area contributed by atoms with Crippen LogP contribution in [-0.2, 0) is 15.9 Å². The third-order valence-corrected chi connectivity index (χ3v) is 4.18. The van der Waals surface area contributed by atoms with Crippen molar-refractivity contribution in [2.24, 2.45) is 0 Å². The molecule has 2 N–H and O–H groups in total. The Kier molecular flexibility index (Phi) is 6.06. The van der Waals surface area contributed by atoms with Crippen molar-refractivity contribution in [3.8, 4) is 0 Å². The van der Waals surface area contributed by atoms with Gasteiger partial charge in [-0.25, -0.2) is 4.79 Å². The average Bonchev–Trinajstić information content (AvgIpc) is 2.36. The minimum absolute atomic E-state index is 0.144. The molecule has 0 aromatic heterocycles. The predicted octanol–water partition coefficient (Wildman–Crippen LogP) is 2.94. The molecule has 1 rings (SSSR count). The van der Waals surface area contributed by atoms with E-state index >= 15 is 0 Å². The van der Waals surface area contributed by atoms with Crippen LogP contribution in [0.25, 0.3) is 0 Å². The summed E-state index contributed by atoms with van der Waals surface area (Å²) in [5.41, 5.74) is 0.869. The number of hydrogen-bond donors (Lipinski definition) is 2. The van der Waals surface area contributed by atoms with Crippen molar-refractivity contribution >= 4 is 13.5 Å². The molecule has 5 nitrogen and oxygen atoms in total. The number of amides is 1. The summed E-state index contributed by atoms with van der Waals surface area (Å²) in [6.07, 6.45) is 0.491. The molecule has 0 fully saturated rings. The van der Waals surface area contributed by atoms with Crippen LogP contribution in [-0.4, -0.2) is 23.4 Å². The Hall–Kier alpha value is -1.32. The second-order valence-electron chi connectivity index (χ2n) is 4.45. The zero-order chi connectivity index (χ0) is 14.3. The third kappa shape index (κ3) is 5.90. The fourth-order valence-electron chi connectivity index (χ4n) is 1.61. The maximum Gasteiger partial charge on any atom is 0.408 e. The molecule has 0 bridgehead atoms. The molecule has 0 spiro atoms. The van der Waals surface area contributed by atoms with Gasteiger partial charge >= 0.3 is 6.09 Å². The first-order valence-electron chi connectivity index (χ1n) is 6.20. The highest BCUT2D eigenvalue weighted by molar-refractivity contribution is 7.57. The molecule has 2 atom stereocenters. The monoisotopic (exact) mass is 285 g/mol. The third-order valence-electron chi connectivity index (χ3n) is 2.64. The van der Waals surface area contributed by atoms with Gasteiger partial charge in [-0.15, -0.1) is 0 Å². The standard InChI is InChI=1S/C13H20NO4P/c1-3-7-12(19(2,16)17)14-13(15)18-10-11-8-5-4-6-9-11/h4-6,8-9,12H,3,7,10H2,1-2H3,(H,14,15)(H,16,17).